The number of fused-ring (bicyclic) bond motifs is 1. The summed E-state index contributed by atoms with van der Waals surface area (Å²) in [4.78, 5) is 15.6. The number of nitrogens with zero attached hydrogens (tertiary/aromatic N) is 1. The summed E-state index contributed by atoms with van der Waals surface area (Å²) >= 11 is 0. The highest BCUT2D eigenvalue weighted by Gasteiger charge is 2.35. The number of hydrogen-bond donors (Lipinski definition) is 1. The number of para-hydroxylation sites is 1. The number of carbonyl (C=O) groups is 1. The van der Waals surface area contributed by atoms with Gasteiger partial charge in [-0.1, -0.05) is 54.1 Å². The lowest BCUT2D eigenvalue weighted by molar-refractivity contribution is 0.0973. The fourth-order valence-electron chi connectivity index (χ4n) is 4.32. The molecule has 1 N–H and O–H groups in total. The van der Waals surface area contributed by atoms with E-state index in [1.807, 2.05) is 36.1 Å². The summed E-state index contributed by atoms with van der Waals surface area (Å²) in [5.41, 5.74) is 7.51. The fraction of sp³-hybridized carbons (Fsp3) is 0.269. The molecule has 0 aliphatic carbocycles. The first-order valence-corrected chi connectivity index (χ1v) is 10.3. The van der Waals surface area contributed by atoms with E-state index >= 15 is 0 Å². The number of hydrogen-bond acceptors (Lipinski definition) is 2. The molecule has 0 aromatic heterocycles. The minimum absolute atomic E-state index is 0.0833. The number of rotatable bonds is 3. The van der Waals surface area contributed by atoms with Gasteiger partial charge in [0.05, 0.1) is 11.7 Å². The number of carbonyl (C=O) groups excluding carboxylic acids is 1. The Kier molecular flexibility index (Phi) is 5.14. The van der Waals surface area contributed by atoms with Gasteiger partial charge >= 0.3 is 0 Å². The van der Waals surface area contributed by atoms with E-state index in [0.29, 0.717) is 0 Å². The molecule has 3 heteroatoms. The second-order valence-corrected chi connectivity index (χ2v) is 8.15. The lowest BCUT2D eigenvalue weighted by Gasteiger charge is -2.41. The van der Waals surface area contributed by atoms with Gasteiger partial charge in [0.1, 0.15) is 0 Å². The van der Waals surface area contributed by atoms with Gasteiger partial charge in [-0.25, -0.2) is 0 Å². The third-order valence-corrected chi connectivity index (χ3v) is 5.89. The number of aryl methyl sites for hydroxylation is 3. The van der Waals surface area contributed by atoms with Crippen LogP contribution in [0.1, 0.15) is 52.0 Å². The smallest absolute Gasteiger partial charge is 0.258 e. The van der Waals surface area contributed by atoms with Crippen LogP contribution in [-0.4, -0.2) is 11.9 Å². The quantitative estimate of drug-likeness (QED) is 0.583. The number of nitrogens with one attached hydrogen (secondary N) is 1. The molecule has 3 aromatic carbocycles. The Labute approximate surface area is 173 Å². The monoisotopic (exact) mass is 384 g/mol. The van der Waals surface area contributed by atoms with Gasteiger partial charge in [0, 0.05) is 17.3 Å². The molecular weight excluding hydrogens is 356 g/mol. The molecule has 3 aromatic rings. The van der Waals surface area contributed by atoms with Crippen molar-refractivity contribution in [3.8, 4) is 0 Å². The van der Waals surface area contributed by atoms with Crippen LogP contribution in [0.4, 0.5) is 11.4 Å². The van der Waals surface area contributed by atoms with E-state index in [-0.39, 0.29) is 18.0 Å². The maximum atomic E-state index is 13.6. The maximum Gasteiger partial charge on any atom is 0.258 e. The third-order valence-electron chi connectivity index (χ3n) is 5.89. The molecule has 1 aliphatic rings. The largest absolute Gasteiger partial charge is 0.378 e. The van der Waals surface area contributed by atoms with Gasteiger partial charge in [0.25, 0.3) is 5.91 Å². The summed E-state index contributed by atoms with van der Waals surface area (Å²) in [5, 5.41) is 3.69. The van der Waals surface area contributed by atoms with Crippen LogP contribution in [0.15, 0.2) is 66.7 Å². The molecule has 0 radical (unpaired) electrons. The third kappa shape index (κ3) is 3.65. The van der Waals surface area contributed by atoms with Crippen LogP contribution in [0.25, 0.3) is 0 Å². The van der Waals surface area contributed by atoms with Crippen LogP contribution in [0.2, 0.25) is 0 Å². The number of anilines is 2. The number of benzene rings is 3. The lowest BCUT2D eigenvalue weighted by atomic mass is 9.88. The van der Waals surface area contributed by atoms with Crippen molar-refractivity contribution in [1.29, 1.82) is 0 Å². The molecule has 4 rings (SSSR count). The van der Waals surface area contributed by atoms with E-state index in [0.717, 1.165) is 34.5 Å². The van der Waals surface area contributed by atoms with Crippen molar-refractivity contribution < 1.29 is 4.79 Å². The molecule has 0 bridgehead atoms. The fourth-order valence-corrected chi connectivity index (χ4v) is 4.32. The molecular formula is C26H28N2O. The highest BCUT2D eigenvalue weighted by atomic mass is 16.2. The average Bonchev–Trinajstić information content (AvgIpc) is 2.70. The molecule has 1 heterocycles. The highest BCUT2D eigenvalue weighted by Crippen LogP contribution is 2.41. The van der Waals surface area contributed by atoms with Crippen molar-refractivity contribution in [3.05, 3.63) is 94.5 Å². The van der Waals surface area contributed by atoms with Crippen molar-refractivity contribution in [3.63, 3.8) is 0 Å². The minimum atomic E-state index is 0.0833. The normalized spacial score (nSPS) is 18.3. The summed E-state index contributed by atoms with van der Waals surface area (Å²) in [6.07, 6.45) is 0.863. The number of amides is 1. The zero-order valence-corrected chi connectivity index (χ0v) is 17.6. The Bertz CT molecular complexity index is 1040. The first-order chi connectivity index (χ1) is 14.0. The van der Waals surface area contributed by atoms with E-state index in [1.54, 1.807) is 0 Å². The van der Waals surface area contributed by atoms with Crippen molar-refractivity contribution in [2.24, 2.45) is 0 Å². The minimum Gasteiger partial charge on any atom is -0.378 e. The molecule has 2 atom stereocenters. The standard InChI is InChI=1S/C26H28N2O/c1-17-12-14-21(15-13-17)27-24-16-20(4)28(25-19(3)9-7-11-23(24)25)26(29)22-10-6-5-8-18(22)2/h5-15,20,24,27H,16H2,1-4H3/t20-,24+/m0/s1. The van der Waals surface area contributed by atoms with Gasteiger partial charge in [-0.15, -0.1) is 0 Å². The predicted molar refractivity (Wildman–Crippen MR) is 121 cm³/mol. The van der Waals surface area contributed by atoms with Gasteiger partial charge in [-0.05, 0) is 69.0 Å². The molecule has 3 nitrogen and oxygen atoms in total. The van der Waals surface area contributed by atoms with Gasteiger partial charge in [-0.3, -0.25) is 4.79 Å². The second-order valence-electron chi connectivity index (χ2n) is 8.15. The molecule has 1 aliphatic heterocycles. The molecule has 29 heavy (non-hydrogen) atoms. The van der Waals surface area contributed by atoms with Crippen LogP contribution in [0.3, 0.4) is 0 Å². The second kappa shape index (κ2) is 7.75. The van der Waals surface area contributed by atoms with E-state index in [9.17, 15) is 4.79 Å². The zero-order valence-electron chi connectivity index (χ0n) is 17.6. The molecule has 0 spiro atoms. The average molecular weight is 385 g/mol. The van der Waals surface area contributed by atoms with Crippen LogP contribution in [0, 0.1) is 20.8 Å². The van der Waals surface area contributed by atoms with Gasteiger partial charge < -0.3 is 10.2 Å². The lowest BCUT2D eigenvalue weighted by Crippen LogP contribution is -2.45. The molecule has 0 fully saturated rings. The zero-order chi connectivity index (χ0) is 20.5. The van der Waals surface area contributed by atoms with E-state index in [1.165, 1.54) is 11.1 Å². The molecule has 0 saturated carbocycles. The highest BCUT2D eigenvalue weighted by molar-refractivity contribution is 6.08. The van der Waals surface area contributed by atoms with Gasteiger partial charge in [0.2, 0.25) is 0 Å². The molecule has 1 amide bonds. The molecule has 148 valence electrons. The Morgan fingerprint density at radius 3 is 2.31 bits per heavy atom. The Morgan fingerprint density at radius 2 is 1.59 bits per heavy atom. The van der Waals surface area contributed by atoms with Crippen LogP contribution >= 0.6 is 0 Å². The van der Waals surface area contributed by atoms with E-state index < -0.39 is 0 Å². The van der Waals surface area contributed by atoms with Crippen molar-refractivity contribution in [1.82, 2.24) is 0 Å². The summed E-state index contributed by atoms with van der Waals surface area (Å²) in [7, 11) is 0. The topological polar surface area (TPSA) is 32.3 Å². The first kappa shape index (κ1) is 19.3. The Hall–Kier alpha value is -3.07. The van der Waals surface area contributed by atoms with E-state index in [2.05, 4.69) is 68.6 Å². The van der Waals surface area contributed by atoms with Crippen LogP contribution in [-0.2, 0) is 0 Å². The van der Waals surface area contributed by atoms with Crippen molar-refractivity contribution in [2.45, 2.75) is 46.2 Å². The van der Waals surface area contributed by atoms with Crippen molar-refractivity contribution in [2.75, 3.05) is 10.2 Å². The summed E-state index contributed by atoms with van der Waals surface area (Å²) < 4.78 is 0. The summed E-state index contributed by atoms with van der Waals surface area (Å²) in [6, 6.07) is 23.0. The van der Waals surface area contributed by atoms with Crippen LogP contribution in [0.5, 0.6) is 0 Å². The van der Waals surface area contributed by atoms with Crippen molar-refractivity contribution >= 4 is 17.3 Å². The Morgan fingerprint density at radius 1 is 0.897 bits per heavy atom. The van der Waals surface area contributed by atoms with E-state index in [4.69, 9.17) is 0 Å². The predicted octanol–water partition coefficient (Wildman–Crippen LogP) is 6.20. The molecule has 0 unspecified atom stereocenters. The molecule has 0 saturated heterocycles. The maximum absolute atomic E-state index is 13.6. The Balaban J connectivity index is 1.74. The summed E-state index contributed by atoms with van der Waals surface area (Å²) in [6.45, 7) is 8.34. The first-order valence-electron chi connectivity index (χ1n) is 10.3. The SMILES string of the molecule is Cc1ccc(N[C@@H]2C[C@H](C)N(C(=O)c3ccccc3C)c3c(C)cccc32)cc1. The summed E-state index contributed by atoms with van der Waals surface area (Å²) in [5.74, 6) is 0.0833. The van der Waals surface area contributed by atoms with Crippen LogP contribution < -0.4 is 10.2 Å². The van der Waals surface area contributed by atoms with Gasteiger partial charge in [0.15, 0.2) is 0 Å². The van der Waals surface area contributed by atoms with Gasteiger partial charge in [-0.2, -0.15) is 0 Å².